The molecule has 0 saturated heterocycles. The highest BCUT2D eigenvalue weighted by Crippen LogP contribution is 2.22. The summed E-state index contributed by atoms with van der Waals surface area (Å²) in [6, 6.07) is 4.67. The number of carbonyl (C=O) groups is 1. The Morgan fingerprint density at radius 1 is 1.35 bits per heavy atom. The van der Waals surface area contributed by atoms with E-state index in [4.69, 9.17) is 5.11 Å². The maximum atomic E-state index is 11.9. The molecule has 1 unspecified atom stereocenters. The van der Waals surface area contributed by atoms with Gasteiger partial charge in [0.05, 0.1) is 6.10 Å². The van der Waals surface area contributed by atoms with Crippen molar-refractivity contribution in [2.24, 2.45) is 0 Å². The SMILES string of the molecule is CC(O)CCCNC(=O)c1ccc(OC(F)(F)F)cc1. The Kier molecular flexibility index (Phi) is 5.82. The van der Waals surface area contributed by atoms with E-state index in [0.29, 0.717) is 19.4 Å². The van der Waals surface area contributed by atoms with Crippen LogP contribution in [0.1, 0.15) is 30.1 Å². The van der Waals surface area contributed by atoms with Crippen LogP contribution in [0.25, 0.3) is 0 Å². The summed E-state index contributed by atoms with van der Waals surface area (Å²) in [6.07, 6.45) is -3.98. The van der Waals surface area contributed by atoms with E-state index in [1.54, 1.807) is 6.92 Å². The molecule has 0 aromatic heterocycles. The van der Waals surface area contributed by atoms with Crippen LogP contribution < -0.4 is 10.1 Å². The molecule has 0 aliphatic heterocycles. The van der Waals surface area contributed by atoms with E-state index in [1.807, 2.05) is 0 Å². The molecular weight excluding hydrogens is 275 g/mol. The molecule has 0 aliphatic carbocycles. The minimum atomic E-state index is -4.75. The van der Waals surface area contributed by atoms with Crippen molar-refractivity contribution in [2.75, 3.05) is 6.54 Å². The quantitative estimate of drug-likeness (QED) is 0.792. The number of amides is 1. The molecule has 1 aromatic carbocycles. The zero-order chi connectivity index (χ0) is 15.2. The summed E-state index contributed by atoms with van der Waals surface area (Å²) in [7, 11) is 0. The zero-order valence-corrected chi connectivity index (χ0v) is 10.9. The fraction of sp³-hybridized carbons (Fsp3) is 0.462. The normalized spacial score (nSPS) is 12.8. The number of benzene rings is 1. The van der Waals surface area contributed by atoms with Gasteiger partial charge in [0.2, 0.25) is 0 Å². The highest BCUT2D eigenvalue weighted by molar-refractivity contribution is 5.94. The van der Waals surface area contributed by atoms with E-state index < -0.39 is 12.5 Å². The van der Waals surface area contributed by atoms with Crippen molar-refractivity contribution in [3.63, 3.8) is 0 Å². The first-order valence-corrected chi connectivity index (χ1v) is 6.10. The molecule has 1 aromatic rings. The Morgan fingerprint density at radius 2 is 1.95 bits per heavy atom. The van der Waals surface area contributed by atoms with E-state index in [0.717, 1.165) is 12.1 Å². The zero-order valence-electron chi connectivity index (χ0n) is 10.9. The highest BCUT2D eigenvalue weighted by atomic mass is 19.4. The van der Waals surface area contributed by atoms with E-state index in [1.165, 1.54) is 12.1 Å². The Labute approximate surface area is 114 Å². The number of nitrogens with one attached hydrogen (secondary N) is 1. The summed E-state index contributed by atoms with van der Waals surface area (Å²) in [5.74, 6) is -0.752. The number of aliphatic hydroxyl groups is 1. The third kappa shape index (κ3) is 6.42. The average molecular weight is 291 g/mol. The smallest absolute Gasteiger partial charge is 0.406 e. The van der Waals surface area contributed by atoms with Crippen LogP contribution in [-0.2, 0) is 0 Å². The van der Waals surface area contributed by atoms with Gasteiger partial charge in [0.25, 0.3) is 5.91 Å². The predicted molar refractivity (Wildman–Crippen MR) is 66.4 cm³/mol. The lowest BCUT2D eigenvalue weighted by atomic mass is 10.2. The molecule has 112 valence electrons. The molecule has 1 amide bonds. The molecule has 7 heteroatoms. The van der Waals surface area contributed by atoms with Gasteiger partial charge in [-0.25, -0.2) is 0 Å². The Morgan fingerprint density at radius 3 is 2.45 bits per heavy atom. The lowest BCUT2D eigenvalue weighted by Gasteiger charge is -2.09. The fourth-order valence-corrected chi connectivity index (χ4v) is 1.51. The monoisotopic (exact) mass is 291 g/mol. The van der Waals surface area contributed by atoms with E-state index in [-0.39, 0.29) is 17.2 Å². The van der Waals surface area contributed by atoms with Crippen LogP contribution in [0.5, 0.6) is 5.75 Å². The van der Waals surface area contributed by atoms with Gasteiger partial charge < -0.3 is 15.2 Å². The first kappa shape index (κ1) is 16.3. The topological polar surface area (TPSA) is 58.6 Å². The highest BCUT2D eigenvalue weighted by Gasteiger charge is 2.31. The molecular formula is C13H16F3NO3. The summed E-state index contributed by atoms with van der Waals surface area (Å²) < 4.78 is 39.5. The molecule has 4 nitrogen and oxygen atoms in total. The number of alkyl halides is 3. The minimum absolute atomic E-state index is 0.247. The van der Waals surface area contributed by atoms with Crippen molar-refractivity contribution in [3.8, 4) is 5.75 Å². The maximum absolute atomic E-state index is 11.9. The summed E-state index contributed by atoms with van der Waals surface area (Å²) in [5.41, 5.74) is 0.247. The summed E-state index contributed by atoms with van der Waals surface area (Å²) in [5, 5.41) is 11.6. The van der Waals surface area contributed by atoms with Gasteiger partial charge >= 0.3 is 6.36 Å². The van der Waals surface area contributed by atoms with Crippen LogP contribution in [0.4, 0.5) is 13.2 Å². The molecule has 0 heterocycles. The average Bonchev–Trinajstić information content (AvgIpc) is 2.33. The lowest BCUT2D eigenvalue weighted by molar-refractivity contribution is -0.274. The van der Waals surface area contributed by atoms with Crippen molar-refractivity contribution in [1.82, 2.24) is 5.32 Å². The molecule has 0 bridgehead atoms. The number of hydrogen-bond acceptors (Lipinski definition) is 3. The minimum Gasteiger partial charge on any atom is -0.406 e. The number of aliphatic hydroxyl groups excluding tert-OH is 1. The van der Waals surface area contributed by atoms with Crippen LogP contribution in [0.2, 0.25) is 0 Å². The maximum Gasteiger partial charge on any atom is 0.573 e. The first-order chi connectivity index (χ1) is 9.28. The number of halogens is 3. The molecule has 0 saturated carbocycles. The summed E-state index contributed by atoms with van der Waals surface area (Å²) in [6.45, 7) is 2.05. The van der Waals surface area contributed by atoms with Crippen LogP contribution in [0.3, 0.4) is 0 Å². The lowest BCUT2D eigenvalue weighted by Crippen LogP contribution is -2.25. The molecule has 1 atom stereocenters. The van der Waals surface area contributed by atoms with Gasteiger partial charge in [-0.15, -0.1) is 13.2 Å². The number of rotatable bonds is 6. The summed E-state index contributed by atoms with van der Waals surface area (Å²) >= 11 is 0. The molecule has 2 N–H and O–H groups in total. The van der Waals surface area contributed by atoms with Gasteiger partial charge in [-0.05, 0) is 44.0 Å². The first-order valence-electron chi connectivity index (χ1n) is 6.10. The van der Waals surface area contributed by atoms with Gasteiger partial charge in [-0.1, -0.05) is 0 Å². The second-order valence-electron chi connectivity index (χ2n) is 4.32. The van der Waals surface area contributed by atoms with Crippen molar-refractivity contribution >= 4 is 5.91 Å². The molecule has 0 aliphatic rings. The van der Waals surface area contributed by atoms with Crippen LogP contribution >= 0.6 is 0 Å². The van der Waals surface area contributed by atoms with E-state index in [2.05, 4.69) is 10.1 Å². The number of ether oxygens (including phenoxy) is 1. The Bertz CT molecular complexity index is 429. The molecule has 0 radical (unpaired) electrons. The van der Waals surface area contributed by atoms with Gasteiger partial charge in [-0.3, -0.25) is 4.79 Å². The molecule has 20 heavy (non-hydrogen) atoms. The number of hydrogen-bond donors (Lipinski definition) is 2. The second kappa shape index (κ2) is 7.14. The molecule has 0 spiro atoms. The third-order valence-corrected chi connectivity index (χ3v) is 2.43. The van der Waals surface area contributed by atoms with Crippen molar-refractivity contribution in [2.45, 2.75) is 32.2 Å². The largest absolute Gasteiger partial charge is 0.573 e. The second-order valence-corrected chi connectivity index (χ2v) is 4.32. The van der Waals surface area contributed by atoms with E-state index >= 15 is 0 Å². The van der Waals surface area contributed by atoms with Gasteiger partial charge in [-0.2, -0.15) is 0 Å². The van der Waals surface area contributed by atoms with Crippen LogP contribution in [-0.4, -0.2) is 30.0 Å². The van der Waals surface area contributed by atoms with Gasteiger partial charge in [0.15, 0.2) is 0 Å². The van der Waals surface area contributed by atoms with Crippen molar-refractivity contribution < 1.29 is 27.8 Å². The predicted octanol–water partition coefficient (Wildman–Crippen LogP) is 2.48. The Hall–Kier alpha value is -1.76. The summed E-state index contributed by atoms with van der Waals surface area (Å²) in [4.78, 5) is 11.6. The standard InChI is InChI=1S/C13H16F3NO3/c1-9(18)3-2-8-17-12(19)10-4-6-11(7-5-10)20-13(14,15)16/h4-7,9,18H,2-3,8H2,1H3,(H,17,19). The van der Waals surface area contributed by atoms with Crippen LogP contribution in [0, 0.1) is 0 Å². The van der Waals surface area contributed by atoms with Gasteiger partial charge in [0, 0.05) is 12.1 Å². The fourth-order valence-electron chi connectivity index (χ4n) is 1.51. The van der Waals surface area contributed by atoms with E-state index in [9.17, 15) is 18.0 Å². The number of carbonyl (C=O) groups excluding carboxylic acids is 1. The molecule has 0 fully saturated rings. The Balaban J connectivity index is 2.45. The van der Waals surface area contributed by atoms with Crippen molar-refractivity contribution in [1.29, 1.82) is 0 Å². The van der Waals surface area contributed by atoms with Crippen LogP contribution in [0.15, 0.2) is 24.3 Å². The third-order valence-electron chi connectivity index (χ3n) is 2.43. The van der Waals surface area contributed by atoms with Gasteiger partial charge in [0.1, 0.15) is 5.75 Å². The molecule has 1 rings (SSSR count). The van der Waals surface area contributed by atoms with Crippen molar-refractivity contribution in [3.05, 3.63) is 29.8 Å².